The highest BCUT2D eigenvalue weighted by molar-refractivity contribution is 5.90. The van der Waals surface area contributed by atoms with Gasteiger partial charge in [-0.25, -0.2) is 13.8 Å². The van der Waals surface area contributed by atoms with E-state index < -0.39 is 17.3 Å². The van der Waals surface area contributed by atoms with Crippen molar-refractivity contribution in [3.63, 3.8) is 0 Å². The maximum Gasteiger partial charge on any atom is 0.293 e. The number of hydrogen-bond donors (Lipinski definition) is 1. The highest BCUT2D eigenvalue weighted by Gasteiger charge is 2.20. The van der Waals surface area contributed by atoms with Crippen molar-refractivity contribution in [3.8, 4) is 5.69 Å². The number of carbonyl (C=O) groups excluding carboxylic acids is 1. The van der Waals surface area contributed by atoms with Gasteiger partial charge in [0, 0.05) is 11.1 Å². The minimum atomic E-state index is -0.433. The van der Waals surface area contributed by atoms with E-state index in [0.29, 0.717) is 22.3 Å². The number of halogens is 1. The van der Waals surface area contributed by atoms with Crippen molar-refractivity contribution in [2.45, 2.75) is 33.2 Å². The first kappa shape index (κ1) is 20.5. The Labute approximate surface area is 178 Å². The smallest absolute Gasteiger partial charge is 0.293 e. The Morgan fingerprint density at radius 2 is 1.84 bits per heavy atom. The number of para-hydroxylation sites is 1. The molecule has 8 heteroatoms. The van der Waals surface area contributed by atoms with Gasteiger partial charge < -0.3 is 5.32 Å². The number of nitrogens with zero attached hydrogens (tertiary/aromatic N) is 4. The molecular weight excluding hydrogens is 397 g/mol. The molecule has 0 aliphatic carbocycles. The second-order valence-electron chi connectivity index (χ2n) is 7.66. The van der Waals surface area contributed by atoms with E-state index in [0.717, 1.165) is 15.9 Å². The summed E-state index contributed by atoms with van der Waals surface area (Å²) in [7, 11) is 0. The molecule has 158 valence electrons. The number of nitrogens with one attached hydrogen (secondary N) is 1. The van der Waals surface area contributed by atoms with Crippen LogP contribution in [0.2, 0.25) is 0 Å². The lowest BCUT2D eigenvalue weighted by Gasteiger charge is -2.13. The number of fused-ring (bicyclic) bond motifs is 1. The number of aryl methyl sites for hydroxylation is 1. The van der Waals surface area contributed by atoms with Crippen LogP contribution in [0.4, 0.5) is 10.1 Å². The highest BCUT2D eigenvalue weighted by Crippen LogP contribution is 2.24. The van der Waals surface area contributed by atoms with Gasteiger partial charge in [0.2, 0.25) is 5.91 Å². The van der Waals surface area contributed by atoms with Gasteiger partial charge in [0.1, 0.15) is 17.9 Å². The topological polar surface area (TPSA) is 81.8 Å². The third kappa shape index (κ3) is 3.96. The molecule has 0 fully saturated rings. The Hall–Kier alpha value is -3.81. The summed E-state index contributed by atoms with van der Waals surface area (Å²) >= 11 is 0. The van der Waals surface area contributed by atoms with Gasteiger partial charge in [0.25, 0.3) is 5.56 Å². The van der Waals surface area contributed by atoms with Gasteiger partial charge in [-0.1, -0.05) is 32.0 Å². The number of carbonyl (C=O) groups is 1. The van der Waals surface area contributed by atoms with Crippen LogP contribution in [-0.4, -0.2) is 25.5 Å². The van der Waals surface area contributed by atoms with E-state index in [1.54, 1.807) is 10.9 Å². The summed E-state index contributed by atoms with van der Waals surface area (Å²) in [4.78, 5) is 25.9. The summed E-state index contributed by atoms with van der Waals surface area (Å²) in [6.45, 7) is 5.62. The molecule has 4 aromatic rings. The second kappa shape index (κ2) is 8.14. The fraction of sp³-hybridized carbons (Fsp3) is 0.217. The molecule has 0 saturated carbocycles. The van der Waals surface area contributed by atoms with E-state index in [9.17, 15) is 14.0 Å². The number of amides is 1. The van der Waals surface area contributed by atoms with Crippen molar-refractivity contribution in [1.29, 1.82) is 0 Å². The molecule has 1 amide bonds. The molecule has 31 heavy (non-hydrogen) atoms. The standard InChI is InChI=1S/C23H22FN5O2/c1-14(2)21-18-12-25-29(19-7-5-4-6-15(19)3)22(18)23(31)28(27-21)13-20(30)26-17-10-8-16(24)9-11-17/h4-12,14H,13H2,1-3H3,(H,26,30). The van der Waals surface area contributed by atoms with Crippen LogP contribution in [0.1, 0.15) is 31.0 Å². The zero-order valence-electron chi connectivity index (χ0n) is 17.5. The molecule has 0 aliphatic rings. The van der Waals surface area contributed by atoms with Crippen LogP contribution in [0.25, 0.3) is 16.6 Å². The van der Waals surface area contributed by atoms with Gasteiger partial charge in [0.15, 0.2) is 0 Å². The van der Waals surface area contributed by atoms with Crippen LogP contribution in [0.15, 0.2) is 59.5 Å². The van der Waals surface area contributed by atoms with E-state index in [-0.39, 0.29) is 12.5 Å². The first-order chi connectivity index (χ1) is 14.8. The first-order valence-corrected chi connectivity index (χ1v) is 9.95. The Kier molecular flexibility index (Phi) is 5.37. The molecule has 0 spiro atoms. The second-order valence-corrected chi connectivity index (χ2v) is 7.66. The Bertz CT molecular complexity index is 1320. The molecule has 2 aromatic heterocycles. The number of hydrogen-bond acceptors (Lipinski definition) is 4. The number of aromatic nitrogens is 4. The summed E-state index contributed by atoms with van der Waals surface area (Å²) in [5.74, 6) is -0.811. The molecule has 1 N–H and O–H groups in total. The fourth-order valence-electron chi connectivity index (χ4n) is 3.48. The van der Waals surface area contributed by atoms with Crippen LogP contribution in [0.5, 0.6) is 0 Å². The lowest BCUT2D eigenvalue weighted by molar-refractivity contribution is -0.117. The SMILES string of the molecule is Cc1ccccc1-n1ncc2c(C(C)C)nn(CC(=O)Nc3ccc(F)cc3)c(=O)c21. The van der Waals surface area contributed by atoms with Crippen molar-refractivity contribution in [3.05, 3.63) is 82.2 Å². The van der Waals surface area contributed by atoms with Gasteiger partial charge in [-0.2, -0.15) is 10.2 Å². The van der Waals surface area contributed by atoms with Crippen molar-refractivity contribution in [1.82, 2.24) is 19.6 Å². The molecule has 0 bridgehead atoms. The monoisotopic (exact) mass is 419 g/mol. The first-order valence-electron chi connectivity index (χ1n) is 9.95. The van der Waals surface area contributed by atoms with Crippen LogP contribution < -0.4 is 10.9 Å². The minimum Gasteiger partial charge on any atom is -0.324 e. The van der Waals surface area contributed by atoms with E-state index in [1.807, 2.05) is 45.0 Å². The predicted molar refractivity (Wildman–Crippen MR) is 117 cm³/mol. The summed E-state index contributed by atoms with van der Waals surface area (Å²) in [5, 5.41) is 12.2. The number of rotatable bonds is 5. The Balaban J connectivity index is 1.78. The molecule has 0 unspecified atom stereocenters. The lowest BCUT2D eigenvalue weighted by Crippen LogP contribution is -2.31. The Morgan fingerprint density at radius 1 is 1.13 bits per heavy atom. The minimum absolute atomic E-state index is 0.0176. The number of benzene rings is 2. The lowest BCUT2D eigenvalue weighted by atomic mass is 10.1. The van der Waals surface area contributed by atoms with E-state index >= 15 is 0 Å². The third-order valence-corrected chi connectivity index (χ3v) is 5.02. The molecule has 0 saturated heterocycles. The van der Waals surface area contributed by atoms with E-state index in [4.69, 9.17) is 0 Å². The van der Waals surface area contributed by atoms with Gasteiger partial charge in [-0.3, -0.25) is 9.59 Å². The van der Waals surface area contributed by atoms with Gasteiger partial charge >= 0.3 is 0 Å². The maximum atomic E-state index is 13.3. The largest absolute Gasteiger partial charge is 0.324 e. The summed E-state index contributed by atoms with van der Waals surface area (Å²) in [6, 6.07) is 13.1. The van der Waals surface area contributed by atoms with Crippen molar-refractivity contribution in [2.75, 3.05) is 5.32 Å². The van der Waals surface area contributed by atoms with Crippen LogP contribution in [0.3, 0.4) is 0 Å². The molecule has 2 heterocycles. The molecular formula is C23H22FN5O2. The van der Waals surface area contributed by atoms with Gasteiger partial charge in [-0.05, 0) is 48.7 Å². The molecule has 0 atom stereocenters. The van der Waals surface area contributed by atoms with E-state index in [1.165, 1.54) is 24.3 Å². The molecule has 7 nitrogen and oxygen atoms in total. The average Bonchev–Trinajstić information content (AvgIpc) is 3.17. The molecule has 0 radical (unpaired) electrons. The van der Waals surface area contributed by atoms with Crippen LogP contribution >= 0.6 is 0 Å². The average molecular weight is 419 g/mol. The maximum absolute atomic E-state index is 13.3. The molecule has 0 aliphatic heterocycles. The van der Waals surface area contributed by atoms with Crippen molar-refractivity contribution < 1.29 is 9.18 Å². The predicted octanol–water partition coefficient (Wildman–Crippen LogP) is 3.79. The van der Waals surface area contributed by atoms with Crippen molar-refractivity contribution in [2.24, 2.45) is 0 Å². The summed E-state index contributed by atoms with van der Waals surface area (Å²) in [6.07, 6.45) is 1.65. The molecule has 2 aromatic carbocycles. The van der Waals surface area contributed by atoms with Crippen LogP contribution in [0, 0.1) is 12.7 Å². The van der Waals surface area contributed by atoms with Gasteiger partial charge in [0.05, 0.1) is 17.6 Å². The van der Waals surface area contributed by atoms with Crippen molar-refractivity contribution >= 4 is 22.5 Å². The zero-order chi connectivity index (χ0) is 22.1. The number of anilines is 1. The van der Waals surface area contributed by atoms with Gasteiger partial charge in [-0.15, -0.1) is 0 Å². The Morgan fingerprint density at radius 3 is 2.52 bits per heavy atom. The fourth-order valence-corrected chi connectivity index (χ4v) is 3.48. The summed E-state index contributed by atoms with van der Waals surface area (Å²) < 4.78 is 15.9. The summed E-state index contributed by atoms with van der Waals surface area (Å²) in [5.41, 5.74) is 2.85. The van der Waals surface area contributed by atoms with Crippen LogP contribution in [-0.2, 0) is 11.3 Å². The normalized spacial score (nSPS) is 11.3. The molecule has 4 rings (SSSR count). The zero-order valence-corrected chi connectivity index (χ0v) is 17.5. The highest BCUT2D eigenvalue weighted by atomic mass is 19.1. The van der Waals surface area contributed by atoms with E-state index in [2.05, 4.69) is 15.5 Å². The quantitative estimate of drug-likeness (QED) is 0.534. The third-order valence-electron chi connectivity index (χ3n) is 5.02.